The Labute approximate surface area is 158 Å². The lowest BCUT2D eigenvalue weighted by molar-refractivity contribution is -0.128. The van der Waals surface area contributed by atoms with E-state index >= 15 is 0 Å². The minimum absolute atomic E-state index is 0.0458. The van der Waals surface area contributed by atoms with Gasteiger partial charge in [0, 0.05) is 39.5 Å². The van der Waals surface area contributed by atoms with Crippen molar-refractivity contribution in [3.63, 3.8) is 0 Å². The molecule has 9 heteroatoms. The number of carbonyl (C=O) groups is 1. The number of fused-ring (bicyclic) bond motifs is 1. The van der Waals surface area contributed by atoms with Crippen molar-refractivity contribution in [2.45, 2.75) is 43.7 Å². The molecule has 1 aromatic carbocycles. The van der Waals surface area contributed by atoms with Crippen LogP contribution in [0.2, 0.25) is 0 Å². The Hall–Kier alpha value is -2.26. The molecule has 27 heavy (non-hydrogen) atoms. The van der Waals surface area contributed by atoms with Gasteiger partial charge in [0.2, 0.25) is 15.9 Å². The molecule has 1 atom stereocenters. The zero-order valence-corrected chi connectivity index (χ0v) is 16.1. The number of sulfonamides is 1. The fraction of sp³-hybridized carbons (Fsp3) is 0.500. The van der Waals surface area contributed by atoms with Gasteiger partial charge in [-0.2, -0.15) is 4.31 Å². The molecule has 3 heterocycles. The molecule has 144 valence electrons. The maximum atomic E-state index is 13.1. The van der Waals surface area contributed by atoms with Crippen molar-refractivity contribution in [2.24, 2.45) is 0 Å². The predicted molar refractivity (Wildman–Crippen MR) is 98.3 cm³/mol. The third-order valence-electron chi connectivity index (χ3n) is 5.35. The van der Waals surface area contributed by atoms with Crippen molar-refractivity contribution in [1.82, 2.24) is 24.0 Å². The molecule has 1 amide bonds. The monoisotopic (exact) mass is 389 g/mol. The highest BCUT2D eigenvalue weighted by Crippen LogP contribution is 2.36. The summed E-state index contributed by atoms with van der Waals surface area (Å²) in [5.41, 5.74) is 0. The number of hydrogen-bond acceptors (Lipinski definition) is 5. The molecule has 0 saturated carbocycles. The highest BCUT2D eigenvalue weighted by Gasteiger charge is 2.39. The van der Waals surface area contributed by atoms with Gasteiger partial charge in [-0.05, 0) is 25.0 Å². The molecular formula is C18H23N5O3S. The Morgan fingerprint density at radius 3 is 2.59 bits per heavy atom. The largest absolute Gasteiger partial charge is 0.341 e. The van der Waals surface area contributed by atoms with Crippen LogP contribution >= 0.6 is 0 Å². The molecular weight excluding hydrogens is 366 g/mol. The first-order valence-corrected chi connectivity index (χ1v) is 10.7. The Kier molecular flexibility index (Phi) is 4.73. The van der Waals surface area contributed by atoms with Crippen molar-refractivity contribution < 1.29 is 13.2 Å². The van der Waals surface area contributed by atoms with Gasteiger partial charge in [-0.1, -0.05) is 18.2 Å². The van der Waals surface area contributed by atoms with Gasteiger partial charge in [0.25, 0.3) is 0 Å². The molecule has 0 N–H and O–H groups in total. The highest BCUT2D eigenvalue weighted by atomic mass is 32.2. The molecule has 2 aliphatic rings. The molecule has 1 fully saturated rings. The zero-order chi connectivity index (χ0) is 19.0. The molecule has 0 spiro atoms. The summed E-state index contributed by atoms with van der Waals surface area (Å²) in [6, 6.07) is 8.20. The number of aromatic nitrogens is 3. The van der Waals surface area contributed by atoms with E-state index in [1.54, 1.807) is 46.5 Å². The average molecular weight is 389 g/mol. The van der Waals surface area contributed by atoms with Gasteiger partial charge < -0.3 is 9.47 Å². The van der Waals surface area contributed by atoms with Crippen LogP contribution in [-0.4, -0.2) is 57.9 Å². The summed E-state index contributed by atoms with van der Waals surface area (Å²) in [6.45, 7) is 3.84. The van der Waals surface area contributed by atoms with Crippen LogP contribution < -0.4 is 0 Å². The van der Waals surface area contributed by atoms with Crippen LogP contribution in [0.3, 0.4) is 0 Å². The second kappa shape index (κ2) is 7.05. The molecule has 4 rings (SSSR count). The highest BCUT2D eigenvalue weighted by molar-refractivity contribution is 7.89. The Bertz CT molecular complexity index is 941. The minimum Gasteiger partial charge on any atom is -0.341 e. The molecule has 0 aliphatic carbocycles. The topological polar surface area (TPSA) is 88.4 Å². The summed E-state index contributed by atoms with van der Waals surface area (Å²) in [5.74, 6) is 1.55. The van der Waals surface area contributed by atoms with Gasteiger partial charge in [-0.15, -0.1) is 10.2 Å². The molecule has 1 aromatic heterocycles. The zero-order valence-electron chi connectivity index (χ0n) is 15.3. The fourth-order valence-corrected chi connectivity index (χ4v) is 5.60. The molecule has 0 unspecified atom stereocenters. The first-order chi connectivity index (χ1) is 13.0. The van der Waals surface area contributed by atoms with Crippen LogP contribution in [0.1, 0.15) is 37.5 Å². The lowest BCUT2D eigenvalue weighted by Crippen LogP contribution is -2.33. The van der Waals surface area contributed by atoms with Gasteiger partial charge in [0.15, 0.2) is 5.82 Å². The summed E-state index contributed by atoms with van der Waals surface area (Å²) in [5, 5.41) is 8.65. The van der Waals surface area contributed by atoms with E-state index in [1.165, 1.54) is 0 Å². The number of hydrogen-bond donors (Lipinski definition) is 0. The van der Waals surface area contributed by atoms with Crippen molar-refractivity contribution >= 4 is 15.9 Å². The van der Waals surface area contributed by atoms with E-state index in [4.69, 9.17) is 0 Å². The summed E-state index contributed by atoms with van der Waals surface area (Å²) in [6.07, 6.45) is 2.14. The number of carbonyl (C=O) groups excluding carboxylic acids is 1. The Morgan fingerprint density at radius 1 is 1.07 bits per heavy atom. The molecule has 1 saturated heterocycles. The standard InChI is InChI=1S/C18H23N5O3S/c1-14(24)21-11-9-17-19-20-18(22(17)13-12-21)16-8-5-10-23(16)27(25,26)15-6-3-2-4-7-15/h2-4,6-7,16H,5,8-13H2,1H3/t16-/m0/s1. The van der Waals surface area contributed by atoms with Gasteiger partial charge in [0.1, 0.15) is 5.82 Å². The maximum Gasteiger partial charge on any atom is 0.243 e. The molecule has 0 radical (unpaired) electrons. The first kappa shape index (κ1) is 18.1. The van der Waals surface area contributed by atoms with Crippen molar-refractivity contribution in [3.05, 3.63) is 42.0 Å². The van der Waals surface area contributed by atoms with E-state index in [9.17, 15) is 13.2 Å². The average Bonchev–Trinajstić information content (AvgIpc) is 3.24. The second-order valence-electron chi connectivity index (χ2n) is 6.97. The SMILES string of the molecule is CC(=O)N1CCc2nnc([C@@H]3CCCN3S(=O)(=O)c3ccccc3)n2CC1. The van der Waals surface area contributed by atoms with E-state index in [-0.39, 0.29) is 11.9 Å². The van der Waals surface area contributed by atoms with Crippen LogP contribution in [0.15, 0.2) is 35.2 Å². The minimum atomic E-state index is -3.59. The predicted octanol–water partition coefficient (Wildman–Crippen LogP) is 1.21. The lowest BCUT2D eigenvalue weighted by atomic mass is 10.2. The quantitative estimate of drug-likeness (QED) is 0.787. The third-order valence-corrected chi connectivity index (χ3v) is 7.27. The second-order valence-corrected chi connectivity index (χ2v) is 8.86. The number of nitrogens with zero attached hydrogens (tertiary/aromatic N) is 5. The number of benzene rings is 1. The lowest BCUT2D eigenvalue weighted by Gasteiger charge is -2.24. The maximum absolute atomic E-state index is 13.1. The number of rotatable bonds is 3. The van der Waals surface area contributed by atoms with Crippen molar-refractivity contribution in [2.75, 3.05) is 19.6 Å². The van der Waals surface area contributed by atoms with E-state index in [2.05, 4.69) is 10.2 Å². The summed E-state index contributed by atoms with van der Waals surface area (Å²) < 4.78 is 29.8. The Morgan fingerprint density at radius 2 is 1.85 bits per heavy atom. The molecule has 2 aromatic rings. The summed E-state index contributed by atoms with van der Waals surface area (Å²) in [4.78, 5) is 13.8. The number of amides is 1. The smallest absolute Gasteiger partial charge is 0.243 e. The van der Waals surface area contributed by atoms with Gasteiger partial charge in [-0.25, -0.2) is 8.42 Å². The van der Waals surface area contributed by atoms with Crippen LogP contribution in [0.5, 0.6) is 0 Å². The van der Waals surface area contributed by atoms with Crippen LogP contribution in [0.4, 0.5) is 0 Å². The van der Waals surface area contributed by atoms with Crippen LogP contribution in [-0.2, 0) is 27.8 Å². The van der Waals surface area contributed by atoms with E-state index in [0.717, 1.165) is 18.7 Å². The van der Waals surface area contributed by atoms with Crippen molar-refractivity contribution in [3.8, 4) is 0 Å². The van der Waals surface area contributed by atoms with Crippen LogP contribution in [0.25, 0.3) is 0 Å². The normalized spacial score (nSPS) is 21.1. The fourth-order valence-electron chi connectivity index (χ4n) is 3.92. The van der Waals surface area contributed by atoms with E-state index in [0.29, 0.717) is 43.3 Å². The van der Waals surface area contributed by atoms with E-state index < -0.39 is 10.0 Å². The molecule has 0 bridgehead atoms. The van der Waals surface area contributed by atoms with Gasteiger partial charge in [-0.3, -0.25) is 4.79 Å². The van der Waals surface area contributed by atoms with Gasteiger partial charge in [0.05, 0.1) is 10.9 Å². The van der Waals surface area contributed by atoms with E-state index in [1.807, 2.05) is 4.57 Å². The first-order valence-electron chi connectivity index (χ1n) is 9.23. The van der Waals surface area contributed by atoms with Crippen molar-refractivity contribution in [1.29, 1.82) is 0 Å². The van der Waals surface area contributed by atoms with Gasteiger partial charge >= 0.3 is 0 Å². The molecule has 2 aliphatic heterocycles. The third kappa shape index (κ3) is 3.25. The summed E-state index contributed by atoms with van der Waals surface area (Å²) >= 11 is 0. The Balaban J connectivity index is 1.65. The summed E-state index contributed by atoms with van der Waals surface area (Å²) in [7, 11) is -3.59. The van der Waals surface area contributed by atoms with Crippen LogP contribution in [0, 0.1) is 0 Å². The molecule has 8 nitrogen and oxygen atoms in total.